The lowest BCUT2D eigenvalue weighted by atomic mass is 9.72. The van der Waals surface area contributed by atoms with Crippen molar-refractivity contribution in [2.45, 2.75) is 66.2 Å². The van der Waals surface area contributed by atoms with Crippen molar-refractivity contribution < 1.29 is 41.4 Å². The fraction of sp³-hybridized carbons (Fsp3) is 0.481. The summed E-state index contributed by atoms with van der Waals surface area (Å²) < 4.78 is 67.7. The largest absolute Gasteiger partial charge is 0.394 e. The third-order valence-electron chi connectivity index (χ3n) is 8.56. The quantitative estimate of drug-likeness (QED) is 0.341. The van der Waals surface area contributed by atoms with E-state index in [-0.39, 0.29) is 52.9 Å². The molecule has 4 N–H and O–H groups in total. The molecular weight excluding hydrogens is 573 g/mol. The van der Waals surface area contributed by atoms with Gasteiger partial charge in [0.25, 0.3) is 5.91 Å². The van der Waals surface area contributed by atoms with Gasteiger partial charge in [-0.25, -0.2) is 21.6 Å². The molecule has 13 heteroatoms. The Bertz CT molecular complexity index is 1450. The number of halogens is 4. The lowest BCUT2D eigenvalue weighted by molar-refractivity contribution is -0.133. The Morgan fingerprint density at radius 3 is 2.17 bits per heavy atom. The summed E-state index contributed by atoms with van der Waals surface area (Å²) in [6, 6.07) is 4.73. The number of nitrogens with one attached hydrogen (secondary N) is 2. The van der Waals surface area contributed by atoms with E-state index < -0.39 is 61.4 Å². The maximum Gasteiger partial charge on any atom is 0.255 e. The molecule has 5 rings (SSSR count). The normalized spacial score (nSPS) is 26.8. The highest BCUT2D eigenvalue weighted by Gasteiger charge is 2.57. The van der Waals surface area contributed by atoms with Crippen LogP contribution in [0.25, 0.3) is 0 Å². The monoisotopic (exact) mass is 600 g/mol. The maximum absolute atomic E-state index is 13.7. The molecule has 3 fully saturated rings. The van der Waals surface area contributed by atoms with Crippen LogP contribution in [0.5, 0.6) is 0 Å². The molecule has 2 amide bonds. The number of aliphatic hydroxyl groups is 2. The fourth-order valence-electron chi connectivity index (χ4n) is 6.10. The van der Waals surface area contributed by atoms with Gasteiger partial charge < -0.3 is 20.8 Å². The molecule has 2 atom stereocenters. The van der Waals surface area contributed by atoms with E-state index in [1.165, 1.54) is 12.1 Å². The third-order valence-corrected chi connectivity index (χ3v) is 11.2. The molecule has 0 spiro atoms. The van der Waals surface area contributed by atoms with Crippen LogP contribution < -0.4 is 10.6 Å². The number of anilines is 1. The summed E-state index contributed by atoms with van der Waals surface area (Å²) in [5.74, 6) is -6.86. The van der Waals surface area contributed by atoms with Crippen molar-refractivity contribution in [1.29, 1.82) is 0 Å². The summed E-state index contributed by atoms with van der Waals surface area (Å²) in [5, 5.41) is 24.9. The number of amides is 2. The van der Waals surface area contributed by atoms with Crippen molar-refractivity contribution in [3.63, 3.8) is 0 Å². The van der Waals surface area contributed by atoms with Gasteiger partial charge in [-0.15, -0.1) is 0 Å². The van der Waals surface area contributed by atoms with Crippen LogP contribution in [0.3, 0.4) is 0 Å². The summed E-state index contributed by atoms with van der Waals surface area (Å²) in [7, 11) is -4.09. The topological polar surface area (TPSA) is 133 Å². The Kier molecular flexibility index (Phi) is 7.43. The van der Waals surface area contributed by atoms with Gasteiger partial charge in [-0.2, -0.15) is 0 Å². The highest BCUT2D eigenvalue weighted by molar-refractivity contribution is 7.92. The number of hydrogen-bond donors (Lipinski definition) is 4. The SMILES string of the molecule is O=C(CC1(O)C2CCC1CC(S(=O)(=O)c1cc(C(=O)Nc3cc(F)c(F)c(F)c3)ccc1Cl)C2)NC1(CO)CC1. The second kappa shape index (κ2) is 10.3. The summed E-state index contributed by atoms with van der Waals surface area (Å²) in [4.78, 5) is 25.1. The molecule has 3 aliphatic carbocycles. The maximum atomic E-state index is 13.7. The molecule has 2 bridgehead atoms. The van der Waals surface area contributed by atoms with Crippen LogP contribution in [0, 0.1) is 29.3 Å². The molecule has 8 nitrogen and oxygen atoms in total. The van der Waals surface area contributed by atoms with E-state index in [0.717, 1.165) is 6.07 Å². The van der Waals surface area contributed by atoms with Crippen LogP contribution >= 0.6 is 11.6 Å². The third kappa shape index (κ3) is 5.22. The highest BCUT2D eigenvalue weighted by Crippen LogP contribution is 2.53. The van der Waals surface area contributed by atoms with Crippen LogP contribution in [-0.4, -0.2) is 53.4 Å². The Morgan fingerprint density at radius 1 is 1.02 bits per heavy atom. The molecule has 0 heterocycles. The van der Waals surface area contributed by atoms with E-state index in [1.54, 1.807) is 0 Å². The van der Waals surface area contributed by atoms with Crippen LogP contribution in [0.15, 0.2) is 35.2 Å². The van der Waals surface area contributed by atoms with Crippen molar-refractivity contribution in [3.05, 3.63) is 58.4 Å². The fourth-order valence-corrected chi connectivity index (χ4v) is 8.50. The average molecular weight is 601 g/mol. The number of hydrogen-bond acceptors (Lipinski definition) is 6. The van der Waals surface area contributed by atoms with Crippen molar-refractivity contribution >= 4 is 38.9 Å². The van der Waals surface area contributed by atoms with Crippen LogP contribution in [-0.2, 0) is 14.6 Å². The zero-order chi connectivity index (χ0) is 29.0. The molecule has 0 radical (unpaired) electrons. The van der Waals surface area contributed by atoms with E-state index >= 15 is 0 Å². The second-order valence-corrected chi connectivity index (χ2v) is 13.7. The van der Waals surface area contributed by atoms with Gasteiger partial charge in [-0.3, -0.25) is 9.59 Å². The summed E-state index contributed by atoms with van der Waals surface area (Å²) >= 11 is 6.24. The molecule has 2 unspecified atom stereocenters. The van der Waals surface area contributed by atoms with Crippen LogP contribution in [0.4, 0.5) is 18.9 Å². The smallest absolute Gasteiger partial charge is 0.255 e. The van der Waals surface area contributed by atoms with E-state index in [2.05, 4.69) is 10.6 Å². The van der Waals surface area contributed by atoms with E-state index in [1.807, 2.05) is 0 Å². The van der Waals surface area contributed by atoms with Gasteiger partial charge in [0.2, 0.25) is 5.91 Å². The first-order valence-corrected chi connectivity index (χ1v) is 14.8. The van der Waals surface area contributed by atoms with E-state index in [9.17, 15) is 41.4 Å². The Balaban J connectivity index is 1.33. The molecule has 3 saturated carbocycles. The summed E-state index contributed by atoms with van der Waals surface area (Å²) in [6.45, 7) is -0.181. The first-order valence-electron chi connectivity index (χ1n) is 12.9. The number of rotatable bonds is 8. The zero-order valence-corrected chi connectivity index (χ0v) is 22.8. The molecule has 40 heavy (non-hydrogen) atoms. The first-order chi connectivity index (χ1) is 18.8. The average Bonchev–Trinajstić information content (AvgIpc) is 3.65. The number of carbonyl (C=O) groups is 2. The predicted molar refractivity (Wildman–Crippen MR) is 139 cm³/mol. The van der Waals surface area contributed by atoms with Crippen LogP contribution in [0.1, 0.15) is 55.3 Å². The van der Waals surface area contributed by atoms with Gasteiger partial charge in [0.05, 0.1) is 39.3 Å². The van der Waals surface area contributed by atoms with Crippen molar-refractivity contribution in [3.8, 4) is 0 Å². The Labute approximate surface area is 233 Å². The first kappa shape index (κ1) is 28.8. The van der Waals surface area contributed by atoms with Crippen LogP contribution in [0.2, 0.25) is 5.02 Å². The van der Waals surface area contributed by atoms with Gasteiger partial charge in [-0.05, 0) is 68.6 Å². The second-order valence-electron chi connectivity index (χ2n) is 11.1. The number of carbonyl (C=O) groups excluding carboxylic acids is 2. The molecule has 0 aliphatic heterocycles. The van der Waals surface area contributed by atoms with Crippen molar-refractivity contribution in [1.82, 2.24) is 5.32 Å². The summed E-state index contributed by atoms with van der Waals surface area (Å²) in [6.07, 6.45) is 2.42. The molecule has 2 aromatic rings. The molecule has 2 aromatic carbocycles. The van der Waals surface area contributed by atoms with Crippen molar-refractivity contribution in [2.75, 3.05) is 11.9 Å². The predicted octanol–water partition coefficient (Wildman–Crippen LogP) is 3.73. The number of aliphatic hydroxyl groups excluding tert-OH is 1. The van der Waals surface area contributed by atoms with Crippen molar-refractivity contribution in [2.24, 2.45) is 11.8 Å². The minimum atomic E-state index is -4.09. The number of benzene rings is 2. The Morgan fingerprint density at radius 2 is 1.62 bits per heavy atom. The molecule has 0 aromatic heterocycles. The lowest BCUT2D eigenvalue weighted by Gasteiger charge is -2.42. The molecule has 0 saturated heterocycles. The number of sulfone groups is 1. The minimum absolute atomic E-state index is 0.0919. The number of fused-ring (bicyclic) bond motifs is 2. The highest BCUT2D eigenvalue weighted by atomic mass is 35.5. The zero-order valence-electron chi connectivity index (χ0n) is 21.2. The minimum Gasteiger partial charge on any atom is -0.394 e. The van der Waals surface area contributed by atoms with Gasteiger partial charge in [0.15, 0.2) is 27.3 Å². The molecular formula is C27H28ClF3N2O6S. The van der Waals surface area contributed by atoms with E-state index in [0.29, 0.717) is 37.8 Å². The molecule has 3 aliphatic rings. The molecule has 216 valence electrons. The van der Waals surface area contributed by atoms with Gasteiger partial charge in [0.1, 0.15) is 0 Å². The summed E-state index contributed by atoms with van der Waals surface area (Å²) in [5.41, 5.74) is -2.51. The van der Waals surface area contributed by atoms with Gasteiger partial charge in [-0.1, -0.05) is 11.6 Å². The lowest BCUT2D eigenvalue weighted by Crippen LogP contribution is -2.52. The standard InChI is InChI=1S/C27H28ClF3N2O6S/c28-19-4-1-14(25(36)32-17-10-20(29)24(31)21(30)11-17)7-22(19)40(38,39)18-8-15-2-3-16(9-18)27(15,37)12-23(35)33-26(13-34)5-6-26/h1,4,7,10-11,15-16,18,34,37H,2-3,5-6,8-9,12-13H2,(H,32,36)(H,33,35). The van der Waals surface area contributed by atoms with Gasteiger partial charge in [0, 0.05) is 23.4 Å². The van der Waals surface area contributed by atoms with E-state index in [4.69, 9.17) is 11.6 Å². The Hall–Kier alpha value is -2.67. The van der Waals surface area contributed by atoms with Gasteiger partial charge >= 0.3 is 0 Å².